The largest absolute Gasteiger partial charge is 0.218 e. The molecule has 0 saturated heterocycles. The molecule has 0 fully saturated rings. The summed E-state index contributed by atoms with van der Waals surface area (Å²) in [5.41, 5.74) is 1.39. The van der Waals surface area contributed by atoms with Gasteiger partial charge in [0.15, 0.2) is 12.4 Å². The summed E-state index contributed by atoms with van der Waals surface area (Å²) in [7, 11) is 0. The fraction of sp³-hybridized carbons (Fsp3) is 0.375. The van der Waals surface area contributed by atoms with Crippen LogP contribution in [0.2, 0.25) is 0 Å². The fourth-order valence-corrected chi connectivity index (χ4v) is 0.875. The van der Waals surface area contributed by atoms with E-state index in [1.54, 1.807) is 0 Å². The zero-order valence-corrected chi connectivity index (χ0v) is 5.72. The van der Waals surface area contributed by atoms with Crippen LogP contribution in [0.5, 0.6) is 0 Å². The molecule has 9 heavy (non-hydrogen) atoms. The summed E-state index contributed by atoms with van der Waals surface area (Å²) >= 11 is 0. The number of aryl methyl sites for hydroxylation is 1. The van der Waals surface area contributed by atoms with Crippen molar-refractivity contribution in [1.82, 2.24) is 0 Å². The van der Waals surface area contributed by atoms with Crippen LogP contribution in [0.25, 0.3) is 0 Å². The highest BCUT2D eigenvalue weighted by Crippen LogP contribution is 1.96. The van der Waals surface area contributed by atoms with Crippen LogP contribution in [0.15, 0.2) is 24.5 Å². The molecule has 1 aromatic heterocycles. The molecule has 1 heteroatoms. The van der Waals surface area contributed by atoms with Crippen molar-refractivity contribution in [2.24, 2.45) is 0 Å². The molecule has 0 radical (unpaired) electrons. The Morgan fingerprint density at radius 3 is 3.00 bits per heavy atom. The van der Waals surface area contributed by atoms with Gasteiger partial charge in [-0.2, -0.15) is 0 Å². The van der Waals surface area contributed by atoms with Crippen LogP contribution in [-0.4, -0.2) is 0 Å². The van der Waals surface area contributed by atoms with E-state index in [9.17, 15) is 0 Å². The van der Waals surface area contributed by atoms with Crippen molar-refractivity contribution in [3.63, 3.8) is 0 Å². The second-order valence-corrected chi connectivity index (χ2v) is 2.16. The van der Waals surface area contributed by atoms with Gasteiger partial charge in [-0.3, -0.25) is 0 Å². The van der Waals surface area contributed by atoms with Gasteiger partial charge in [0.25, 0.3) is 0 Å². The van der Waals surface area contributed by atoms with Crippen LogP contribution < -0.4 is 4.98 Å². The average molecular weight is 122 g/mol. The summed E-state index contributed by atoms with van der Waals surface area (Å²) < 4.78 is 0. The van der Waals surface area contributed by atoms with E-state index < -0.39 is 0 Å². The van der Waals surface area contributed by atoms with E-state index in [1.165, 1.54) is 18.4 Å². The molecule has 1 heterocycles. The molecular formula is C8H12N+. The number of H-pyrrole nitrogens is 1. The second-order valence-electron chi connectivity index (χ2n) is 2.16. The second kappa shape index (κ2) is 3.23. The van der Waals surface area contributed by atoms with E-state index in [0.717, 1.165) is 0 Å². The number of nitrogens with one attached hydrogen (secondary N) is 1. The molecular weight excluding hydrogens is 110 g/mol. The molecule has 0 saturated carbocycles. The lowest BCUT2D eigenvalue weighted by Crippen LogP contribution is -1.99. The molecule has 0 aromatic carbocycles. The SMILES string of the molecule is CCCc1ccc[nH+]c1. The third-order valence-electron chi connectivity index (χ3n) is 1.31. The van der Waals surface area contributed by atoms with E-state index in [1.807, 2.05) is 18.5 Å². The smallest absolute Gasteiger partial charge is 0.170 e. The predicted molar refractivity (Wildman–Crippen MR) is 37.0 cm³/mol. The molecule has 1 N–H and O–H groups in total. The maximum absolute atomic E-state index is 3.05. The van der Waals surface area contributed by atoms with Crippen molar-refractivity contribution in [2.45, 2.75) is 19.8 Å². The molecule has 0 bridgehead atoms. The van der Waals surface area contributed by atoms with E-state index >= 15 is 0 Å². The van der Waals surface area contributed by atoms with Gasteiger partial charge in [0.05, 0.1) is 0 Å². The average Bonchev–Trinajstić information content (AvgIpc) is 1.91. The minimum absolute atomic E-state index is 1.18. The van der Waals surface area contributed by atoms with Gasteiger partial charge >= 0.3 is 0 Å². The molecule has 48 valence electrons. The van der Waals surface area contributed by atoms with E-state index in [-0.39, 0.29) is 0 Å². The van der Waals surface area contributed by atoms with Crippen molar-refractivity contribution in [3.8, 4) is 0 Å². The third kappa shape index (κ3) is 1.84. The molecule has 0 atom stereocenters. The molecule has 0 aliphatic carbocycles. The zero-order valence-electron chi connectivity index (χ0n) is 5.72. The Labute approximate surface area is 55.7 Å². The number of aromatic amines is 1. The summed E-state index contributed by atoms with van der Waals surface area (Å²) in [5, 5.41) is 0. The van der Waals surface area contributed by atoms with Crippen LogP contribution in [0.4, 0.5) is 0 Å². The maximum atomic E-state index is 3.05. The van der Waals surface area contributed by atoms with Crippen molar-refractivity contribution in [1.29, 1.82) is 0 Å². The van der Waals surface area contributed by atoms with Crippen molar-refractivity contribution in [2.75, 3.05) is 0 Å². The zero-order chi connectivity index (χ0) is 6.53. The summed E-state index contributed by atoms with van der Waals surface area (Å²) in [6.45, 7) is 2.19. The lowest BCUT2D eigenvalue weighted by atomic mass is 10.2. The lowest BCUT2D eigenvalue weighted by molar-refractivity contribution is -0.378. The Morgan fingerprint density at radius 1 is 1.56 bits per heavy atom. The summed E-state index contributed by atoms with van der Waals surface area (Å²) in [4.78, 5) is 3.05. The molecule has 1 rings (SSSR count). The van der Waals surface area contributed by atoms with Gasteiger partial charge < -0.3 is 0 Å². The van der Waals surface area contributed by atoms with Crippen LogP contribution in [0, 0.1) is 0 Å². The van der Waals surface area contributed by atoms with Gasteiger partial charge in [-0.25, -0.2) is 4.98 Å². The first kappa shape index (κ1) is 6.27. The van der Waals surface area contributed by atoms with Crippen molar-refractivity contribution in [3.05, 3.63) is 30.1 Å². The number of aromatic nitrogens is 1. The van der Waals surface area contributed by atoms with Crippen LogP contribution in [0.1, 0.15) is 18.9 Å². The predicted octanol–water partition coefficient (Wildman–Crippen LogP) is 1.45. The topological polar surface area (TPSA) is 14.1 Å². The first-order valence-electron chi connectivity index (χ1n) is 3.38. The Hall–Kier alpha value is -0.850. The van der Waals surface area contributed by atoms with Crippen LogP contribution in [-0.2, 0) is 6.42 Å². The highest BCUT2D eigenvalue weighted by Gasteiger charge is 1.89. The first-order chi connectivity index (χ1) is 4.43. The minimum Gasteiger partial charge on any atom is -0.218 e. The fourth-order valence-electron chi connectivity index (χ4n) is 0.875. The molecule has 0 unspecified atom stereocenters. The maximum Gasteiger partial charge on any atom is 0.170 e. The highest BCUT2D eigenvalue weighted by atomic mass is 14.6. The van der Waals surface area contributed by atoms with Crippen LogP contribution in [0.3, 0.4) is 0 Å². The van der Waals surface area contributed by atoms with Gasteiger partial charge in [0.1, 0.15) is 0 Å². The van der Waals surface area contributed by atoms with Gasteiger partial charge in [-0.1, -0.05) is 13.3 Å². The molecule has 1 nitrogen and oxygen atoms in total. The van der Waals surface area contributed by atoms with Gasteiger partial charge in [0, 0.05) is 11.6 Å². The normalized spacial score (nSPS) is 9.44. The molecule has 0 aliphatic rings. The molecule has 0 spiro atoms. The van der Waals surface area contributed by atoms with Crippen molar-refractivity contribution >= 4 is 0 Å². The monoisotopic (exact) mass is 122 g/mol. The first-order valence-corrected chi connectivity index (χ1v) is 3.38. The number of rotatable bonds is 2. The summed E-state index contributed by atoms with van der Waals surface area (Å²) in [5.74, 6) is 0. The molecule has 1 aromatic rings. The summed E-state index contributed by atoms with van der Waals surface area (Å²) in [6.07, 6.45) is 6.37. The van der Waals surface area contributed by atoms with Gasteiger partial charge in [0.2, 0.25) is 0 Å². The summed E-state index contributed by atoms with van der Waals surface area (Å²) in [6, 6.07) is 4.17. The van der Waals surface area contributed by atoms with Gasteiger partial charge in [-0.05, 0) is 12.5 Å². The Bertz CT molecular complexity index is 157. The van der Waals surface area contributed by atoms with Crippen molar-refractivity contribution < 1.29 is 4.98 Å². The van der Waals surface area contributed by atoms with E-state index in [4.69, 9.17) is 0 Å². The number of hydrogen-bond donors (Lipinski definition) is 0. The van der Waals surface area contributed by atoms with E-state index in [0.29, 0.717) is 0 Å². The number of hydrogen-bond acceptors (Lipinski definition) is 0. The Morgan fingerprint density at radius 2 is 2.44 bits per heavy atom. The molecule has 0 aliphatic heterocycles. The standard InChI is InChI=1S/C8H11N/c1-2-4-8-5-3-6-9-7-8/h3,5-7H,2,4H2,1H3/p+1. The highest BCUT2D eigenvalue weighted by molar-refractivity contribution is 5.04. The Balaban J connectivity index is 2.61. The number of pyridine rings is 1. The Kier molecular flexibility index (Phi) is 2.25. The van der Waals surface area contributed by atoms with E-state index in [2.05, 4.69) is 18.0 Å². The molecule has 0 amide bonds. The third-order valence-corrected chi connectivity index (χ3v) is 1.31. The lowest BCUT2D eigenvalue weighted by Gasteiger charge is -1.89. The quantitative estimate of drug-likeness (QED) is 0.563. The van der Waals surface area contributed by atoms with Gasteiger partial charge in [-0.15, -0.1) is 0 Å². The minimum atomic E-state index is 1.18. The van der Waals surface area contributed by atoms with Crippen LogP contribution >= 0.6 is 0 Å².